The van der Waals surface area contributed by atoms with E-state index in [0.29, 0.717) is 31.7 Å². The monoisotopic (exact) mass is 335 g/mol. The molecule has 0 aliphatic carbocycles. The third kappa shape index (κ3) is 4.12. The van der Waals surface area contributed by atoms with E-state index in [1.165, 1.54) is 12.1 Å². The summed E-state index contributed by atoms with van der Waals surface area (Å²) in [7, 11) is 0. The van der Waals surface area contributed by atoms with Crippen molar-refractivity contribution in [2.75, 3.05) is 26.2 Å². The van der Waals surface area contributed by atoms with Crippen LogP contribution in [-0.4, -0.2) is 42.9 Å². The van der Waals surface area contributed by atoms with Crippen LogP contribution < -0.4 is 11.1 Å². The molecule has 1 saturated heterocycles. The lowest BCUT2D eigenvalue weighted by molar-refractivity contribution is -0.140. The van der Waals surface area contributed by atoms with Crippen molar-refractivity contribution in [1.29, 1.82) is 0 Å². The second-order valence-electron chi connectivity index (χ2n) is 6.81. The number of carbonyl (C=O) groups is 2. The Morgan fingerprint density at radius 3 is 2.83 bits per heavy atom. The Morgan fingerprint density at radius 2 is 2.17 bits per heavy atom. The van der Waals surface area contributed by atoms with E-state index in [-0.39, 0.29) is 23.5 Å². The van der Waals surface area contributed by atoms with Gasteiger partial charge in [-0.3, -0.25) is 9.59 Å². The third-order valence-electron chi connectivity index (χ3n) is 4.60. The van der Waals surface area contributed by atoms with Gasteiger partial charge >= 0.3 is 0 Å². The maximum Gasteiger partial charge on any atom is 0.232 e. The number of rotatable bonds is 5. The summed E-state index contributed by atoms with van der Waals surface area (Å²) >= 11 is 0. The lowest BCUT2D eigenvalue weighted by Gasteiger charge is -2.37. The van der Waals surface area contributed by atoms with Crippen molar-refractivity contribution in [1.82, 2.24) is 10.2 Å². The van der Waals surface area contributed by atoms with E-state index in [2.05, 4.69) is 5.32 Å². The van der Waals surface area contributed by atoms with Crippen LogP contribution in [0, 0.1) is 11.7 Å². The van der Waals surface area contributed by atoms with Crippen LogP contribution in [-0.2, 0) is 15.0 Å². The number of hydrogen-bond acceptors (Lipinski definition) is 3. The summed E-state index contributed by atoms with van der Waals surface area (Å²) in [4.78, 5) is 26.8. The van der Waals surface area contributed by atoms with Crippen molar-refractivity contribution in [2.24, 2.45) is 11.7 Å². The number of nitrogens with two attached hydrogens (primary N) is 1. The van der Waals surface area contributed by atoms with Gasteiger partial charge in [0.25, 0.3) is 0 Å². The van der Waals surface area contributed by atoms with Gasteiger partial charge in [-0.1, -0.05) is 12.1 Å². The van der Waals surface area contributed by atoms with Gasteiger partial charge in [0.05, 0.1) is 11.3 Å². The van der Waals surface area contributed by atoms with Crippen molar-refractivity contribution >= 4 is 11.8 Å². The number of nitrogens with zero attached hydrogens (tertiary/aromatic N) is 1. The number of benzene rings is 1. The quantitative estimate of drug-likeness (QED) is 0.854. The Balaban J connectivity index is 2.09. The Labute approximate surface area is 142 Å². The maximum absolute atomic E-state index is 13.5. The van der Waals surface area contributed by atoms with Gasteiger partial charge in [0.15, 0.2) is 0 Å². The number of amides is 2. The van der Waals surface area contributed by atoms with E-state index in [4.69, 9.17) is 5.73 Å². The average Bonchev–Trinajstić information content (AvgIpc) is 2.59. The van der Waals surface area contributed by atoms with Gasteiger partial charge in [-0.15, -0.1) is 0 Å². The molecule has 0 aromatic heterocycles. The van der Waals surface area contributed by atoms with Gasteiger partial charge in [-0.25, -0.2) is 4.39 Å². The second-order valence-corrected chi connectivity index (χ2v) is 6.81. The first-order chi connectivity index (χ1) is 11.4. The fourth-order valence-electron chi connectivity index (χ4n) is 3.11. The van der Waals surface area contributed by atoms with Crippen molar-refractivity contribution in [3.63, 3.8) is 0 Å². The molecule has 2 amide bonds. The fourth-order valence-corrected chi connectivity index (χ4v) is 3.11. The molecule has 1 atom stereocenters. The highest BCUT2D eigenvalue weighted by molar-refractivity contribution is 5.88. The van der Waals surface area contributed by atoms with Gasteiger partial charge in [-0.05, 0) is 44.4 Å². The topological polar surface area (TPSA) is 75.4 Å². The van der Waals surface area contributed by atoms with Gasteiger partial charge in [0.2, 0.25) is 11.8 Å². The van der Waals surface area contributed by atoms with Crippen molar-refractivity contribution in [2.45, 2.75) is 32.1 Å². The Hall–Kier alpha value is -1.95. The summed E-state index contributed by atoms with van der Waals surface area (Å²) in [5, 5.41) is 2.79. The van der Waals surface area contributed by atoms with Gasteiger partial charge in [0.1, 0.15) is 5.82 Å². The van der Waals surface area contributed by atoms with E-state index in [1.54, 1.807) is 30.9 Å². The van der Waals surface area contributed by atoms with Crippen molar-refractivity contribution in [3.8, 4) is 0 Å². The Morgan fingerprint density at radius 1 is 1.42 bits per heavy atom. The molecule has 0 radical (unpaired) electrons. The summed E-state index contributed by atoms with van der Waals surface area (Å²) < 4.78 is 13.5. The molecule has 1 aliphatic rings. The standard InChI is InChI=1S/C18H26FN3O2/c1-18(2,14-6-3-7-15(19)11-14)17(24)22-10-4-5-13(12-22)16(23)21-9-8-20/h3,6-7,11,13H,4-5,8-10,12,20H2,1-2H3,(H,21,23). The van der Waals surface area contributed by atoms with Crippen LogP contribution in [0.15, 0.2) is 24.3 Å². The molecule has 1 aliphatic heterocycles. The zero-order valence-corrected chi connectivity index (χ0v) is 14.3. The first kappa shape index (κ1) is 18.4. The summed E-state index contributed by atoms with van der Waals surface area (Å²) in [5.74, 6) is -0.699. The van der Waals surface area contributed by atoms with Crippen LogP contribution >= 0.6 is 0 Å². The van der Waals surface area contributed by atoms with E-state index in [9.17, 15) is 14.0 Å². The lowest BCUT2D eigenvalue weighted by atomic mass is 9.82. The minimum atomic E-state index is -0.836. The maximum atomic E-state index is 13.5. The molecule has 1 unspecified atom stereocenters. The highest BCUT2D eigenvalue weighted by Gasteiger charge is 2.37. The van der Waals surface area contributed by atoms with Crippen LogP contribution in [0.3, 0.4) is 0 Å². The molecular formula is C18H26FN3O2. The molecular weight excluding hydrogens is 309 g/mol. The third-order valence-corrected chi connectivity index (χ3v) is 4.60. The second kappa shape index (κ2) is 7.75. The number of nitrogens with one attached hydrogen (secondary N) is 1. The van der Waals surface area contributed by atoms with Gasteiger partial charge < -0.3 is 16.0 Å². The minimum Gasteiger partial charge on any atom is -0.355 e. The van der Waals surface area contributed by atoms with E-state index < -0.39 is 5.41 Å². The number of likely N-dealkylation sites (tertiary alicyclic amines) is 1. The van der Waals surface area contributed by atoms with E-state index >= 15 is 0 Å². The summed E-state index contributed by atoms with van der Waals surface area (Å²) in [6, 6.07) is 6.13. The largest absolute Gasteiger partial charge is 0.355 e. The van der Waals surface area contributed by atoms with Crippen molar-refractivity contribution in [3.05, 3.63) is 35.6 Å². The summed E-state index contributed by atoms with van der Waals surface area (Å²) in [6.07, 6.45) is 1.55. The smallest absolute Gasteiger partial charge is 0.232 e. The van der Waals surface area contributed by atoms with Crippen LogP contribution in [0.25, 0.3) is 0 Å². The van der Waals surface area contributed by atoms with Crippen LogP contribution in [0.4, 0.5) is 4.39 Å². The SMILES string of the molecule is CC(C)(C(=O)N1CCCC(C(=O)NCCN)C1)c1cccc(F)c1. The minimum absolute atomic E-state index is 0.0542. The molecule has 6 heteroatoms. The number of piperidine rings is 1. The van der Waals surface area contributed by atoms with Gasteiger partial charge in [0, 0.05) is 26.2 Å². The molecule has 0 spiro atoms. The van der Waals surface area contributed by atoms with Crippen LogP contribution in [0.2, 0.25) is 0 Å². The first-order valence-electron chi connectivity index (χ1n) is 8.39. The zero-order chi connectivity index (χ0) is 17.7. The predicted molar refractivity (Wildman–Crippen MR) is 90.8 cm³/mol. The zero-order valence-electron chi connectivity index (χ0n) is 14.3. The van der Waals surface area contributed by atoms with E-state index in [0.717, 1.165) is 12.8 Å². The molecule has 1 fully saturated rings. The molecule has 1 aromatic carbocycles. The average molecular weight is 335 g/mol. The highest BCUT2D eigenvalue weighted by atomic mass is 19.1. The summed E-state index contributed by atoms with van der Waals surface area (Å²) in [6.45, 7) is 5.45. The first-order valence-corrected chi connectivity index (χ1v) is 8.39. The molecule has 2 rings (SSSR count). The molecule has 0 bridgehead atoms. The number of halogens is 1. The molecule has 1 heterocycles. The molecule has 3 N–H and O–H groups in total. The van der Waals surface area contributed by atoms with Gasteiger partial charge in [-0.2, -0.15) is 0 Å². The lowest BCUT2D eigenvalue weighted by Crippen LogP contribution is -2.50. The summed E-state index contributed by atoms with van der Waals surface area (Å²) in [5.41, 5.74) is 5.21. The highest BCUT2D eigenvalue weighted by Crippen LogP contribution is 2.28. The Kier molecular flexibility index (Phi) is 5.94. The van der Waals surface area contributed by atoms with Crippen LogP contribution in [0.1, 0.15) is 32.3 Å². The normalized spacial score (nSPS) is 18.3. The fraction of sp³-hybridized carbons (Fsp3) is 0.556. The number of carbonyl (C=O) groups excluding carboxylic acids is 2. The predicted octanol–water partition coefficient (Wildman–Crippen LogP) is 1.42. The van der Waals surface area contributed by atoms with E-state index in [1.807, 2.05) is 0 Å². The molecule has 5 nitrogen and oxygen atoms in total. The number of hydrogen-bond donors (Lipinski definition) is 2. The molecule has 1 aromatic rings. The molecule has 132 valence electrons. The van der Waals surface area contributed by atoms with Crippen molar-refractivity contribution < 1.29 is 14.0 Å². The Bertz CT molecular complexity index is 604. The van der Waals surface area contributed by atoms with Crippen LogP contribution in [0.5, 0.6) is 0 Å². The molecule has 24 heavy (non-hydrogen) atoms. The molecule has 0 saturated carbocycles.